The number of carbonyl (C=O) groups is 2. The van der Waals surface area contributed by atoms with Gasteiger partial charge < -0.3 is 23.7 Å². The molecule has 0 spiro atoms. The Morgan fingerprint density at radius 1 is 0.898 bits per heavy atom. The lowest BCUT2D eigenvalue weighted by molar-refractivity contribution is -0.385. The Hall–Kier alpha value is -4.42. The first-order valence-electron chi connectivity index (χ1n) is 14.0. The van der Waals surface area contributed by atoms with Crippen molar-refractivity contribution in [2.45, 2.75) is 44.6 Å². The number of halogens is 4. The molecule has 2 aromatic carbocycles. The van der Waals surface area contributed by atoms with Crippen LogP contribution in [0, 0.1) is 27.2 Å². The van der Waals surface area contributed by atoms with Crippen LogP contribution in [0.25, 0.3) is 0 Å². The summed E-state index contributed by atoms with van der Waals surface area (Å²) in [5.41, 5.74) is -1.86. The van der Waals surface area contributed by atoms with Crippen molar-refractivity contribution >= 4 is 70.1 Å². The van der Waals surface area contributed by atoms with Crippen LogP contribution in [0.4, 0.5) is 21.0 Å². The first kappa shape index (κ1) is 37.4. The molecule has 49 heavy (non-hydrogen) atoms. The molecular formula is C28H24Cl4N4O13. The SMILES string of the molecule is Cc1cn([C@H]2C[C@H](OC(=O)OCCc3c(Cl)cc(Cl)cc3[N+](=O)[O-])[C@@H](COC(=O)OCCc3c(Cl)cc(Cl)cc3[N+](=O)[O-])O2)c(=O)[nH]c1=O. The quantitative estimate of drug-likeness (QED) is 0.132. The number of hydrogen-bond donors (Lipinski definition) is 1. The van der Waals surface area contributed by atoms with Gasteiger partial charge in [0.15, 0.2) is 0 Å². The molecule has 0 radical (unpaired) electrons. The summed E-state index contributed by atoms with van der Waals surface area (Å²) in [5, 5.41) is 22.9. The molecule has 1 N–H and O–H groups in total. The Balaban J connectivity index is 1.40. The first-order valence-corrected chi connectivity index (χ1v) is 15.5. The van der Waals surface area contributed by atoms with E-state index in [0.717, 1.165) is 16.7 Å². The molecule has 0 unspecified atom stereocenters. The Bertz CT molecular complexity index is 1900. The number of aromatic nitrogens is 2. The van der Waals surface area contributed by atoms with Crippen LogP contribution in [0.2, 0.25) is 20.1 Å². The van der Waals surface area contributed by atoms with E-state index in [9.17, 15) is 39.4 Å². The van der Waals surface area contributed by atoms with Crippen LogP contribution in [0.15, 0.2) is 40.1 Å². The lowest BCUT2D eigenvalue weighted by Crippen LogP contribution is -2.33. The van der Waals surface area contributed by atoms with Gasteiger partial charge in [-0.15, -0.1) is 0 Å². The summed E-state index contributed by atoms with van der Waals surface area (Å²) in [6, 6.07) is 4.80. The Morgan fingerprint density at radius 3 is 1.96 bits per heavy atom. The maximum Gasteiger partial charge on any atom is 0.508 e. The number of benzene rings is 2. The standard InChI is InChI=1S/C28H24Cl4N4O13/c1-13-11-34(26(38)33-25(13)37)24-10-22(49-28(40)46-5-3-17-19(32)7-15(30)9-21(17)36(43)44)23(48-24)12-47-27(39)45-4-2-16-18(31)6-14(29)8-20(16)35(41)42/h6-9,11,22-24H,2-5,10,12H2,1H3,(H,33,37,38)/t22-,23+,24+/m0/s1. The number of aromatic amines is 1. The van der Waals surface area contributed by atoms with Gasteiger partial charge in [-0.05, 0) is 19.1 Å². The van der Waals surface area contributed by atoms with Crippen LogP contribution < -0.4 is 11.2 Å². The van der Waals surface area contributed by atoms with Crippen molar-refractivity contribution in [3.05, 3.63) is 108 Å². The zero-order valence-corrected chi connectivity index (χ0v) is 28.0. The highest BCUT2D eigenvalue weighted by Gasteiger charge is 2.41. The summed E-state index contributed by atoms with van der Waals surface area (Å²) >= 11 is 23.9. The van der Waals surface area contributed by atoms with Crippen molar-refractivity contribution in [1.29, 1.82) is 0 Å². The number of aryl methyl sites for hydroxylation is 1. The number of H-pyrrole nitrogens is 1. The minimum Gasteiger partial charge on any atom is -0.434 e. The molecule has 0 saturated carbocycles. The molecule has 3 atom stereocenters. The minimum absolute atomic E-state index is 0.00401. The summed E-state index contributed by atoms with van der Waals surface area (Å²) in [5.74, 6) is 0. The summed E-state index contributed by atoms with van der Waals surface area (Å²) in [6.45, 7) is 0.136. The Labute approximate surface area is 294 Å². The number of nitro benzene ring substituents is 2. The van der Waals surface area contributed by atoms with Gasteiger partial charge >= 0.3 is 18.0 Å². The third-order valence-corrected chi connectivity index (χ3v) is 8.17. The number of carbonyl (C=O) groups excluding carboxylic acids is 2. The molecule has 2 heterocycles. The molecule has 0 amide bonds. The highest BCUT2D eigenvalue weighted by Crippen LogP contribution is 2.33. The average Bonchev–Trinajstić information content (AvgIpc) is 3.41. The smallest absolute Gasteiger partial charge is 0.434 e. The summed E-state index contributed by atoms with van der Waals surface area (Å²) < 4.78 is 27.5. The summed E-state index contributed by atoms with van der Waals surface area (Å²) in [7, 11) is 0. The molecule has 1 fully saturated rings. The van der Waals surface area contributed by atoms with E-state index in [1.54, 1.807) is 0 Å². The number of rotatable bonds is 12. The number of nitrogens with zero attached hydrogens (tertiary/aromatic N) is 3. The fourth-order valence-electron chi connectivity index (χ4n) is 4.77. The molecule has 21 heteroatoms. The second-order valence-corrected chi connectivity index (χ2v) is 12.0. The van der Waals surface area contributed by atoms with Gasteiger partial charge in [0.2, 0.25) is 0 Å². The van der Waals surface area contributed by atoms with Gasteiger partial charge in [0.05, 0.1) is 44.2 Å². The highest BCUT2D eigenvalue weighted by atomic mass is 35.5. The second kappa shape index (κ2) is 16.3. The van der Waals surface area contributed by atoms with Crippen LogP contribution >= 0.6 is 46.4 Å². The van der Waals surface area contributed by atoms with Gasteiger partial charge in [0, 0.05) is 53.2 Å². The molecule has 4 rings (SSSR count). The van der Waals surface area contributed by atoms with E-state index < -0.39 is 58.4 Å². The normalized spacial score (nSPS) is 17.0. The zero-order chi connectivity index (χ0) is 36.0. The van der Waals surface area contributed by atoms with E-state index in [0.29, 0.717) is 0 Å². The molecule has 262 valence electrons. The van der Waals surface area contributed by atoms with Gasteiger partial charge in [-0.3, -0.25) is 34.6 Å². The van der Waals surface area contributed by atoms with E-state index >= 15 is 0 Å². The predicted molar refractivity (Wildman–Crippen MR) is 172 cm³/mol. The molecule has 1 aromatic heterocycles. The van der Waals surface area contributed by atoms with Crippen LogP contribution in [0.5, 0.6) is 0 Å². The number of hydrogen-bond acceptors (Lipinski definition) is 13. The van der Waals surface area contributed by atoms with Crippen molar-refractivity contribution in [2.24, 2.45) is 0 Å². The predicted octanol–water partition coefficient (Wildman–Crippen LogP) is 5.72. The molecule has 1 aliphatic rings. The lowest BCUT2D eigenvalue weighted by atomic mass is 10.1. The van der Waals surface area contributed by atoms with Crippen LogP contribution in [-0.4, -0.2) is 63.7 Å². The topological polar surface area (TPSA) is 221 Å². The molecule has 0 aliphatic carbocycles. The Morgan fingerprint density at radius 2 is 1.43 bits per heavy atom. The largest absolute Gasteiger partial charge is 0.508 e. The zero-order valence-electron chi connectivity index (χ0n) is 25.0. The third-order valence-electron chi connectivity index (χ3n) is 7.06. The third kappa shape index (κ3) is 9.60. The molecule has 0 bridgehead atoms. The fraction of sp³-hybridized carbons (Fsp3) is 0.357. The first-order chi connectivity index (χ1) is 23.1. The second-order valence-electron chi connectivity index (χ2n) is 10.3. The van der Waals surface area contributed by atoms with Gasteiger partial charge in [0.1, 0.15) is 25.0 Å². The van der Waals surface area contributed by atoms with Crippen LogP contribution in [0.3, 0.4) is 0 Å². The van der Waals surface area contributed by atoms with Crippen LogP contribution in [-0.2, 0) is 36.5 Å². The molecule has 1 saturated heterocycles. The van der Waals surface area contributed by atoms with Crippen molar-refractivity contribution in [2.75, 3.05) is 19.8 Å². The van der Waals surface area contributed by atoms with Gasteiger partial charge in [0.25, 0.3) is 16.9 Å². The van der Waals surface area contributed by atoms with Gasteiger partial charge in [-0.2, -0.15) is 0 Å². The van der Waals surface area contributed by atoms with Crippen molar-refractivity contribution < 1.29 is 43.1 Å². The average molecular weight is 766 g/mol. The molecular weight excluding hydrogens is 742 g/mol. The van der Waals surface area contributed by atoms with Crippen molar-refractivity contribution in [3.63, 3.8) is 0 Å². The van der Waals surface area contributed by atoms with Gasteiger partial charge in [-0.1, -0.05) is 46.4 Å². The van der Waals surface area contributed by atoms with Gasteiger partial charge in [-0.25, -0.2) is 14.4 Å². The van der Waals surface area contributed by atoms with E-state index in [-0.39, 0.29) is 80.6 Å². The van der Waals surface area contributed by atoms with Crippen molar-refractivity contribution in [3.8, 4) is 0 Å². The van der Waals surface area contributed by atoms with E-state index in [4.69, 9.17) is 70.1 Å². The number of nitrogens with one attached hydrogen (secondary N) is 1. The lowest BCUT2D eigenvalue weighted by Gasteiger charge is -2.18. The molecule has 17 nitrogen and oxygen atoms in total. The molecule has 1 aliphatic heterocycles. The van der Waals surface area contributed by atoms with E-state index in [1.165, 1.54) is 25.3 Å². The number of nitro groups is 2. The van der Waals surface area contributed by atoms with Crippen molar-refractivity contribution in [1.82, 2.24) is 9.55 Å². The minimum atomic E-state index is -1.22. The maximum absolute atomic E-state index is 12.6. The summed E-state index contributed by atoms with van der Waals surface area (Å²) in [6.07, 6.45) is -5.11. The molecule has 3 aromatic rings. The summed E-state index contributed by atoms with van der Waals surface area (Å²) in [4.78, 5) is 72.9. The highest BCUT2D eigenvalue weighted by molar-refractivity contribution is 6.36. The van der Waals surface area contributed by atoms with E-state index in [1.807, 2.05) is 0 Å². The fourth-order valence-corrected chi connectivity index (χ4v) is 5.92. The van der Waals surface area contributed by atoms with Crippen LogP contribution in [0.1, 0.15) is 29.3 Å². The Kier molecular flexibility index (Phi) is 12.5. The number of ether oxygens (including phenoxy) is 5. The maximum atomic E-state index is 12.6. The van der Waals surface area contributed by atoms with E-state index in [2.05, 4.69) is 4.98 Å². The monoisotopic (exact) mass is 764 g/mol.